The zero-order chi connectivity index (χ0) is 4.41. The van der Waals surface area contributed by atoms with E-state index in [2.05, 4.69) is 4.49 Å². The van der Waals surface area contributed by atoms with Crippen LogP contribution in [0.25, 0.3) is 0 Å². The van der Waals surface area contributed by atoms with Gasteiger partial charge in [0.05, 0.1) is 9.87 Å². The fourth-order valence-corrected chi connectivity index (χ4v) is 0.541. The second-order valence-electron chi connectivity index (χ2n) is 0.775. The Kier molecular flexibility index (Phi) is 0.719. The average Bonchev–Trinajstić information content (AvgIpc) is 1.86. The number of rotatable bonds is 0. The van der Waals surface area contributed by atoms with Gasteiger partial charge in [-0.3, -0.25) is 0 Å². The van der Waals surface area contributed by atoms with E-state index in [1.54, 1.807) is 5.38 Å². The van der Waals surface area contributed by atoms with Crippen molar-refractivity contribution < 1.29 is 4.85 Å². The third-order valence-electron chi connectivity index (χ3n) is 0.377. The molecule has 3 nitrogen and oxygen atoms in total. The topological polar surface area (TPSA) is 39.8 Å². The van der Waals surface area contributed by atoms with Gasteiger partial charge in [0, 0.05) is 11.5 Å². The molecule has 4 heteroatoms. The molecule has 32 valence electrons. The van der Waals surface area contributed by atoms with E-state index >= 15 is 0 Å². The van der Waals surface area contributed by atoms with Gasteiger partial charge in [-0.15, -0.1) is 0 Å². The molecule has 0 saturated heterocycles. The van der Waals surface area contributed by atoms with Crippen LogP contribution in [0.1, 0.15) is 0 Å². The van der Waals surface area contributed by atoms with Crippen LogP contribution in [0, 0.1) is 5.21 Å². The lowest BCUT2D eigenvalue weighted by Gasteiger charge is -1.74. The Morgan fingerprint density at radius 3 is 2.83 bits per heavy atom. The quantitative estimate of drug-likeness (QED) is 0.335. The number of aromatic nitrogens is 2. The fourth-order valence-electron chi connectivity index (χ4n) is 0.180. The Morgan fingerprint density at radius 2 is 2.67 bits per heavy atom. The molecule has 0 atom stereocenters. The maximum atomic E-state index is 9.89. The highest BCUT2D eigenvalue weighted by atomic mass is 32.1. The van der Waals surface area contributed by atoms with Crippen molar-refractivity contribution >= 4 is 11.5 Å². The first-order valence-electron chi connectivity index (χ1n) is 1.39. The van der Waals surface area contributed by atoms with Crippen LogP contribution in [0.3, 0.4) is 0 Å². The van der Waals surface area contributed by atoms with Crippen molar-refractivity contribution in [2.24, 2.45) is 0 Å². The molecule has 0 bridgehead atoms. The molecule has 0 saturated carbocycles. The SMILES string of the molecule is [O-][n+]1ccsn1. The molecule has 0 aromatic carbocycles. The molecule has 0 radical (unpaired) electrons. The molecular formula is C2H2N2OS. The molecule has 0 fully saturated rings. The fraction of sp³-hybridized carbons (Fsp3) is 0. The predicted octanol–water partition coefficient (Wildman–Crippen LogP) is -0.223. The van der Waals surface area contributed by atoms with Gasteiger partial charge in [0.1, 0.15) is 0 Å². The average molecular weight is 102 g/mol. The van der Waals surface area contributed by atoms with Crippen LogP contribution in [-0.2, 0) is 0 Å². The summed E-state index contributed by atoms with van der Waals surface area (Å²) in [5.41, 5.74) is 0. The number of hydrogen-bond acceptors (Lipinski definition) is 3. The second-order valence-corrected chi connectivity index (χ2v) is 1.42. The summed E-state index contributed by atoms with van der Waals surface area (Å²) < 4.78 is 3.32. The molecule has 1 rings (SSSR count). The molecular weight excluding hydrogens is 100 g/mol. The maximum Gasteiger partial charge on any atom is 0.222 e. The van der Waals surface area contributed by atoms with Gasteiger partial charge in [0.25, 0.3) is 0 Å². The van der Waals surface area contributed by atoms with Gasteiger partial charge in [-0.1, -0.05) is 0 Å². The van der Waals surface area contributed by atoms with Gasteiger partial charge in [0.15, 0.2) is 0 Å². The normalized spacial score (nSPS) is 8.67. The van der Waals surface area contributed by atoms with Crippen molar-refractivity contribution in [2.75, 3.05) is 0 Å². The highest BCUT2D eigenvalue weighted by Crippen LogP contribution is 1.76. The van der Waals surface area contributed by atoms with Gasteiger partial charge in [0.2, 0.25) is 6.20 Å². The van der Waals surface area contributed by atoms with Crippen LogP contribution >= 0.6 is 11.5 Å². The number of nitrogens with zero attached hydrogens (tertiary/aromatic N) is 2. The van der Waals surface area contributed by atoms with E-state index in [0.29, 0.717) is 4.85 Å². The summed E-state index contributed by atoms with van der Waals surface area (Å²) in [5, 5.41) is 11.5. The lowest BCUT2D eigenvalue weighted by Crippen LogP contribution is -2.24. The molecule has 0 aliphatic rings. The molecule has 1 heterocycles. The Morgan fingerprint density at radius 1 is 1.83 bits per heavy atom. The zero-order valence-corrected chi connectivity index (χ0v) is 3.68. The minimum Gasteiger partial charge on any atom is -0.594 e. The Hall–Kier alpha value is -0.640. The first kappa shape index (κ1) is 3.55. The van der Waals surface area contributed by atoms with Crippen LogP contribution in [0.5, 0.6) is 0 Å². The first-order valence-corrected chi connectivity index (χ1v) is 2.23. The summed E-state index contributed by atoms with van der Waals surface area (Å²) >= 11 is 1.14. The Bertz CT molecular complexity index is 115. The molecule has 0 aliphatic carbocycles. The van der Waals surface area contributed by atoms with E-state index in [9.17, 15) is 5.21 Å². The third-order valence-corrected chi connectivity index (χ3v) is 0.876. The minimum atomic E-state index is 0.519. The molecule has 0 N–H and O–H groups in total. The third kappa shape index (κ3) is 0.463. The lowest BCUT2D eigenvalue weighted by atomic mass is 11.0. The van der Waals surface area contributed by atoms with Crippen molar-refractivity contribution in [3.8, 4) is 0 Å². The standard InChI is InChI=1S/C2H2N2OS/c5-4-1-2-6-3-4/h1-2H. The van der Waals surface area contributed by atoms with Gasteiger partial charge >= 0.3 is 0 Å². The second kappa shape index (κ2) is 1.22. The molecule has 0 unspecified atom stereocenters. The minimum absolute atomic E-state index is 0.519. The van der Waals surface area contributed by atoms with E-state index < -0.39 is 0 Å². The van der Waals surface area contributed by atoms with E-state index in [1.807, 2.05) is 0 Å². The summed E-state index contributed by atoms with van der Waals surface area (Å²) in [4.78, 5) is 0.519. The monoisotopic (exact) mass is 102 g/mol. The van der Waals surface area contributed by atoms with Crippen molar-refractivity contribution in [3.63, 3.8) is 0 Å². The van der Waals surface area contributed by atoms with Crippen molar-refractivity contribution in [1.82, 2.24) is 4.49 Å². The summed E-state index contributed by atoms with van der Waals surface area (Å²) in [6, 6.07) is 0. The predicted molar refractivity (Wildman–Crippen MR) is 21.1 cm³/mol. The summed E-state index contributed by atoms with van der Waals surface area (Å²) in [5.74, 6) is 0. The van der Waals surface area contributed by atoms with Gasteiger partial charge in [-0.2, -0.15) is 0 Å². The Labute approximate surface area is 38.6 Å². The smallest absolute Gasteiger partial charge is 0.222 e. The van der Waals surface area contributed by atoms with Crippen molar-refractivity contribution in [1.29, 1.82) is 0 Å². The summed E-state index contributed by atoms with van der Waals surface area (Å²) in [6.45, 7) is 0. The lowest BCUT2D eigenvalue weighted by molar-refractivity contribution is -0.660. The van der Waals surface area contributed by atoms with Crippen LogP contribution < -0.4 is 4.85 Å². The van der Waals surface area contributed by atoms with Crippen LogP contribution in [0.2, 0.25) is 0 Å². The van der Waals surface area contributed by atoms with Crippen LogP contribution in [0.15, 0.2) is 11.6 Å². The summed E-state index contributed by atoms with van der Waals surface area (Å²) in [7, 11) is 0. The summed E-state index contributed by atoms with van der Waals surface area (Å²) in [6.07, 6.45) is 1.35. The van der Waals surface area contributed by atoms with Crippen molar-refractivity contribution in [2.45, 2.75) is 0 Å². The molecule has 0 spiro atoms. The molecule has 6 heavy (non-hydrogen) atoms. The Balaban J connectivity index is 3.05. The van der Waals surface area contributed by atoms with E-state index in [-0.39, 0.29) is 0 Å². The molecule has 1 aromatic heterocycles. The highest BCUT2D eigenvalue weighted by molar-refractivity contribution is 7.03. The van der Waals surface area contributed by atoms with Crippen LogP contribution in [0.4, 0.5) is 0 Å². The first-order chi connectivity index (χ1) is 2.89. The maximum absolute atomic E-state index is 9.89. The largest absolute Gasteiger partial charge is 0.594 e. The molecule has 0 aliphatic heterocycles. The van der Waals surface area contributed by atoms with Crippen LogP contribution in [-0.4, -0.2) is 4.49 Å². The highest BCUT2D eigenvalue weighted by Gasteiger charge is 1.81. The van der Waals surface area contributed by atoms with E-state index in [4.69, 9.17) is 0 Å². The van der Waals surface area contributed by atoms with E-state index in [0.717, 1.165) is 11.5 Å². The van der Waals surface area contributed by atoms with Gasteiger partial charge in [-0.05, 0) is 4.85 Å². The number of hydrogen-bond donors (Lipinski definition) is 0. The molecule has 1 aromatic rings. The zero-order valence-electron chi connectivity index (χ0n) is 2.87. The van der Waals surface area contributed by atoms with Gasteiger partial charge < -0.3 is 5.21 Å². The van der Waals surface area contributed by atoms with Gasteiger partial charge in [-0.25, -0.2) is 0 Å². The molecule has 0 amide bonds. The van der Waals surface area contributed by atoms with E-state index in [1.165, 1.54) is 6.20 Å². The van der Waals surface area contributed by atoms with Crippen molar-refractivity contribution in [3.05, 3.63) is 16.8 Å².